The summed E-state index contributed by atoms with van der Waals surface area (Å²) < 4.78 is 2.79. The van der Waals surface area contributed by atoms with Crippen molar-refractivity contribution in [1.82, 2.24) is 0 Å². The quantitative estimate of drug-likeness (QED) is 0.375. The van der Waals surface area contributed by atoms with Gasteiger partial charge in [0, 0.05) is 14.3 Å². The van der Waals surface area contributed by atoms with Gasteiger partial charge in [0.05, 0.1) is 0 Å². The molecule has 21 heavy (non-hydrogen) atoms. The topological polar surface area (TPSA) is 0 Å². The van der Waals surface area contributed by atoms with Crippen molar-refractivity contribution in [3.63, 3.8) is 0 Å². The maximum Gasteiger partial charge on any atom is 0.0352 e. The Bertz CT molecular complexity index is 886. The zero-order chi connectivity index (χ0) is 14.6. The van der Waals surface area contributed by atoms with Crippen molar-refractivity contribution in [3.8, 4) is 0 Å². The first-order valence-corrected chi connectivity index (χ1v) is 9.11. The molecule has 0 radical (unpaired) electrons. The zero-order valence-electron chi connectivity index (χ0n) is 12.6. The number of benzene rings is 2. The summed E-state index contributed by atoms with van der Waals surface area (Å²) in [6, 6.07) is 14.0. The lowest BCUT2D eigenvalue weighted by Gasteiger charge is -2.20. The van der Waals surface area contributed by atoms with Gasteiger partial charge in [0.25, 0.3) is 0 Å². The van der Waals surface area contributed by atoms with Gasteiger partial charge in [-0.1, -0.05) is 20.8 Å². The Morgan fingerprint density at radius 1 is 0.857 bits per heavy atom. The van der Waals surface area contributed by atoms with Gasteiger partial charge >= 0.3 is 0 Å². The minimum atomic E-state index is 0.274. The highest BCUT2D eigenvalue weighted by molar-refractivity contribution is 7.19. The zero-order valence-corrected chi connectivity index (χ0v) is 14.2. The maximum atomic E-state index is 2.39. The average Bonchev–Trinajstić information content (AvgIpc) is 3.08. The third-order valence-electron chi connectivity index (χ3n) is 4.60. The molecule has 106 valence electrons. The van der Waals surface area contributed by atoms with Crippen molar-refractivity contribution in [2.75, 3.05) is 0 Å². The van der Waals surface area contributed by atoms with E-state index in [1.165, 1.54) is 42.2 Å². The number of fused-ring (bicyclic) bond motifs is 3. The molecule has 0 saturated carbocycles. The predicted octanol–water partition coefficient (Wildman–Crippen LogP) is 6.96. The maximum absolute atomic E-state index is 2.39. The van der Waals surface area contributed by atoms with E-state index in [-0.39, 0.29) is 5.41 Å². The monoisotopic (exact) mass is 310 g/mol. The van der Waals surface area contributed by atoms with Gasteiger partial charge in [-0.2, -0.15) is 0 Å². The van der Waals surface area contributed by atoms with Crippen LogP contribution < -0.4 is 0 Å². The van der Waals surface area contributed by atoms with Gasteiger partial charge in [0.15, 0.2) is 0 Å². The minimum absolute atomic E-state index is 0.274. The van der Waals surface area contributed by atoms with Crippen LogP contribution in [0, 0.1) is 0 Å². The highest BCUT2D eigenvalue weighted by atomic mass is 32.1. The number of rotatable bonds is 2. The molecular formula is C19H18S2. The van der Waals surface area contributed by atoms with E-state index in [4.69, 9.17) is 0 Å². The van der Waals surface area contributed by atoms with Crippen LogP contribution in [0.4, 0.5) is 0 Å². The fraction of sp³-hybridized carbons (Fsp3) is 0.263. The first-order valence-electron chi connectivity index (χ1n) is 7.42. The highest BCUT2D eigenvalue weighted by Crippen LogP contribution is 2.39. The van der Waals surface area contributed by atoms with Crippen LogP contribution in [-0.4, -0.2) is 0 Å². The van der Waals surface area contributed by atoms with Crippen LogP contribution in [-0.2, 0) is 5.41 Å². The summed E-state index contributed by atoms with van der Waals surface area (Å²) in [7, 11) is 0. The van der Waals surface area contributed by atoms with Crippen molar-refractivity contribution in [2.45, 2.75) is 32.6 Å². The first kappa shape index (κ1) is 13.3. The molecule has 0 nitrogen and oxygen atoms in total. The fourth-order valence-corrected chi connectivity index (χ4v) is 4.84. The van der Waals surface area contributed by atoms with Crippen molar-refractivity contribution in [3.05, 3.63) is 46.7 Å². The highest BCUT2D eigenvalue weighted by Gasteiger charge is 2.20. The molecule has 2 heteroatoms. The molecule has 0 amide bonds. The summed E-state index contributed by atoms with van der Waals surface area (Å²) in [5.74, 6) is 0. The number of hydrogen-bond acceptors (Lipinski definition) is 2. The largest absolute Gasteiger partial charge is 0.144 e. The van der Waals surface area contributed by atoms with Gasteiger partial charge in [-0.15, -0.1) is 22.7 Å². The summed E-state index contributed by atoms with van der Waals surface area (Å²) in [6.45, 7) is 6.95. The second-order valence-corrected chi connectivity index (χ2v) is 8.43. The molecule has 0 aliphatic heterocycles. The Kier molecular flexibility index (Phi) is 2.88. The van der Waals surface area contributed by atoms with E-state index >= 15 is 0 Å². The fourth-order valence-electron chi connectivity index (χ4n) is 2.75. The van der Waals surface area contributed by atoms with Crippen molar-refractivity contribution in [2.24, 2.45) is 0 Å². The predicted molar refractivity (Wildman–Crippen MR) is 98.0 cm³/mol. The van der Waals surface area contributed by atoms with Crippen LogP contribution in [0.25, 0.3) is 30.9 Å². The van der Waals surface area contributed by atoms with Gasteiger partial charge in [0.2, 0.25) is 0 Å². The molecule has 0 atom stereocenters. The summed E-state index contributed by atoms with van der Waals surface area (Å²) in [5.41, 5.74) is 0.274. The molecule has 4 aromatic rings. The summed E-state index contributed by atoms with van der Waals surface area (Å²) in [6.07, 6.45) is 1.18. The van der Waals surface area contributed by atoms with Crippen LogP contribution in [0.2, 0.25) is 0 Å². The van der Waals surface area contributed by atoms with Gasteiger partial charge < -0.3 is 0 Å². The minimum Gasteiger partial charge on any atom is -0.144 e. The molecule has 4 rings (SSSR count). The second-order valence-electron chi connectivity index (χ2n) is 6.40. The number of thiophene rings is 2. The van der Waals surface area contributed by atoms with E-state index in [2.05, 4.69) is 62.5 Å². The molecule has 0 aliphatic carbocycles. The van der Waals surface area contributed by atoms with E-state index in [1.54, 1.807) is 0 Å². The van der Waals surface area contributed by atoms with E-state index in [0.29, 0.717) is 0 Å². The van der Waals surface area contributed by atoms with Gasteiger partial charge in [0.1, 0.15) is 0 Å². The van der Waals surface area contributed by atoms with Crippen LogP contribution in [0.3, 0.4) is 0 Å². The van der Waals surface area contributed by atoms with Crippen LogP contribution in [0.1, 0.15) is 32.1 Å². The second kappa shape index (κ2) is 4.56. The molecule has 2 aromatic carbocycles. The van der Waals surface area contributed by atoms with Gasteiger partial charge in [-0.25, -0.2) is 0 Å². The van der Waals surface area contributed by atoms with E-state index in [0.717, 1.165) is 0 Å². The summed E-state index contributed by atoms with van der Waals surface area (Å²) >= 11 is 3.78. The van der Waals surface area contributed by atoms with Crippen LogP contribution in [0.5, 0.6) is 0 Å². The first-order chi connectivity index (χ1) is 10.1. The average molecular weight is 310 g/mol. The molecular weight excluding hydrogens is 292 g/mol. The Morgan fingerprint density at radius 2 is 1.57 bits per heavy atom. The normalized spacial score (nSPS) is 12.7. The van der Waals surface area contributed by atoms with Crippen LogP contribution in [0.15, 0.2) is 41.8 Å². The van der Waals surface area contributed by atoms with Gasteiger partial charge in [-0.05, 0) is 75.2 Å². The Hall–Kier alpha value is -1.38. The molecule has 2 aromatic heterocycles. The van der Waals surface area contributed by atoms with E-state index in [9.17, 15) is 0 Å². The summed E-state index contributed by atoms with van der Waals surface area (Å²) in [4.78, 5) is 1.50. The van der Waals surface area contributed by atoms with Crippen molar-refractivity contribution >= 4 is 53.6 Å². The smallest absolute Gasteiger partial charge is 0.0352 e. The van der Waals surface area contributed by atoms with Gasteiger partial charge in [-0.3, -0.25) is 0 Å². The third kappa shape index (κ3) is 2.09. The van der Waals surface area contributed by atoms with Crippen molar-refractivity contribution < 1.29 is 0 Å². The van der Waals surface area contributed by atoms with E-state index in [1.807, 2.05) is 22.7 Å². The lowest BCUT2D eigenvalue weighted by Crippen LogP contribution is -2.12. The Labute approximate surface area is 133 Å². The molecule has 0 N–H and O–H groups in total. The molecule has 0 spiro atoms. The lowest BCUT2D eigenvalue weighted by atomic mass is 9.88. The standard InChI is InChI=1S/C19H18S2/c1-4-19(2,3)18-11-15-8-14-9-16-12(5-6-20-16)7-13(14)10-17(15)21-18/h5-11H,4H2,1-3H3. The summed E-state index contributed by atoms with van der Waals surface area (Å²) in [5, 5.41) is 7.64. The molecule has 0 unspecified atom stereocenters. The Morgan fingerprint density at radius 3 is 2.33 bits per heavy atom. The van der Waals surface area contributed by atoms with Crippen molar-refractivity contribution in [1.29, 1.82) is 0 Å². The third-order valence-corrected chi connectivity index (χ3v) is 6.94. The van der Waals surface area contributed by atoms with E-state index < -0.39 is 0 Å². The molecule has 0 aliphatic rings. The number of hydrogen-bond donors (Lipinski definition) is 0. The SMILES string of the molecule is CCC(C)(C)c1cc2cc3cc4sccc4cc3cc2s1. The van der Waals surface area contributed by atoms with Crippen LogP contribution >= 0.6 is 22.7 Å². The molecule has 0 bridgehead atoms. The lowest BCUT2D eigenvalue weighted by molar-refractivity contribution is 0.517. The molecule has 2 heterocycles. The Balaban J connectivity index is 2.00. The molecule has 0 saturated heterocycles. The molecule has 0 fully saturated rings.